The van der Waals surface area contributed by atoms with Gasteiger partial charge in [-0.1, -0.05) is 82.9 Å². The number of ether oxygens (including phenoxy) is 1. The first-order chi connectivity index (χ1) is 12.6. The lowest BCUT2D eigenvalue weighted by atomic mass is 9.91. The van der Waals surface area contributed by atoms with E-state index in [1.54, 1.807) is 0 Å². The molecule has 0 fully saturated rings. The standard InChI is InChI=1S/C23H46O2S2/c1-19(2)16-21(17-20(3)4)18-27-26-15-11-9-8-10-14-25-22(24)12-13-23(5,6)7/h19-21H,8-18H2,1-7H3. The average molecular weight is 419 g/mol. The predicted molar refractivity (Wildman–Crippen MR) is 125 cm³/mol. The van der Waals surface area contributed by atoms with Gasteiger partial charge in [-0.2, -0.15) is 0 Å². The molecule has 4 heteroatoms. The minimum atomic E-state index is -0.0331. The summed E-state index contributed by atoms with van der Waals surface area (Å²) < 4.78 is 5.32. The Morgan fingerprint density at radius 3 is 2.04 bits per heavy atom. The summed E-state index contributed by atoms with van der Waals surface area (Å²) in [5, 5.41) is 0. The van der Waals surface area contributed by atoms with Gasteiger partial charge in [0.25, 0.3) is 0 Å². The lowest BCUT2D eigenvalue weighted by Crippen LogP contribution is -2.11. The van der Waals surface area contributed by atoms with Gasteiger partial charge >= 0.3 is 5.97 Å². The number of rotatable bonds is 16. The molecule has 0 aromatic heterocycles. The fraction of sp³-hybridized carbons (Fsp3) is 0.957. The number of carbonyl (C=O) groups is 1. The second-order valence-electron chi connectivity index (χ2n) is 9.93. The third-order valence-electron chi connectivity index (χ3n) is 4.46. The van der Waals surface area contributed by atoms with Crippen LogP contribution in [0.15, 0.2) is 0 Å². The minimum absolute atomic E-state index is 0.0331. The van der Waals surface area contributed by atoms with Gasteiger partial charge in [-0.25, -0.2) is 0 Å². The van der Waals surface area contributed by atoms with Crippen molar-refractivity contribution in [3.05, 3.63) is 0 Å². The molecule has 0 aliphatic rings. The van der Waals surface area contributed by atoms with Crippen molar-refractivity contribution in [2.45, 2.75) is 99.8 Å². The molecule has 0 aliphatic carbocycles. The minimum Gasteiger partial charge on any atom is -0.466 e. The van der Waals surface area contributed by atoms with Gasteiger partial charge in [-0.05, 0) is 55.3 Å². The fourth-order valence-electron chi connectivity index (χ4n) is 3.12. The summed E-state index contributed by atoms with van der Waals surface area (Å²) in [6.07, 6.45) is 8.86. The van der Waals surface area contributed by atoms with Crippen LogP contribution in [-0.2, 0) is 9.53 Å². The van der Waals surface area contributed by atoms with Crippen LogP contribution >= 0.6 is 21.6 Å². The Morgan fingerprint density at radius 2 is 1.48 bits per heavy atom. The summed E-state index contributed by atoms with van der Waals surface area (Å²) in [6.45, 7) is 16.4. The molecule has 0 saturated heterocycles. The molecule has 0 atom stereocenters. The number of esters is 1. The maximum absolute atomic E-state index is 11.7. The van der Waals surface area contributed by atoms with Crippen molar-refractivity contribution in [3.8, 4) is 0 Å². The van der Waals surface area contributed by atoms with E-state index in [0.717, 1.165) is 30.6 Å². The molecule has 2 nitrogen and oxygen atoms in total. The summed E-state index contributed by atoms with van der Waals surface area (Å²) >= 11 is 0. The van der Waals surface area contributed by atoms with E-state index in [4.69, 9.17) is 4.74 Å². The maximum atomic E-state index is 11.7. The molecule has 0 aromatic rings. The van der Waals surface area contributed by atoms with Gasteiger partial charge < -0.3 is 4.74 Å². The van der Waals surface area contributed by atoms with Crippen molar-refractivity contribution in [3.63, 3.8) is 0 Å². The van der Waals surface area contributed by atoms with E-state index in [-0.39, 0.29) is 11.4 Å². The van der Waals surface area contributed by atoms with Crippen LogP contribution in [0.3, 0.4) is 0 Å². The zero-order valence-corrected chi connectivity index (χ0v) is 20.8. The van der Waals surface area contributed by atoms with Gasteiger partial charge in [-0.15, -0.1) is 0 Å². The molecule has 0 aromatic carbocycles. The Morgan fingerprint density at radius 1 is 0.889 bits per heavy atom. The Balaban J connectivity index is 3.52. The van der Waals surface area contributed by atoms with Gasteiger partial charge in [0.1, 0.15) is 0 Å². The second-order valence-corrected chi connectivity index (χ2v) is 12.6. The molecule has 0 unspecified atom stereocenters. The topological polar surface area (TPSA) is 26.3 Å². The Hall–Kier alpha value is 0.170. The predicted octanol–water partition coefficient (Wildman–Crippen LogP) is 8.01. The highest BCUT2D eigenvalue weighted by atomic mass is 33.1. The first-order valence-corrected chi connectivity index (χ1v) is 13.5. The molecule has 0 N–H and O–H groups in total. The number of hydrogen-bond donors (Lipinski definition) is 0. The SMILES string of the molecule is CC(C)CC(CSSCCCCCCOC(=O)CCC(C)(C)C)CC(C)C. The first-order valence-electron chi connectivity index (χ1n) is 11.0. The maximum Gasteiger partial charge on any atom is 0.305 e. The van der Waals surface area contributed by atoms with Gasteiger partial charge in [0.15, 0.2) is 0 Å². The van der Waals surface area contributed by atoms with E-state index in [0.29, 0.717) is 13.0 Å². The van der Waals surface area contributed by atoms with Crippen LogP contribution < -0.4 is 0 Å². The first kappa shape index (κ1) is 27.2. The summed E-state index contributed by atoms with van der Waals surface area (Å²) in [6, 6.07) is 0. The van der Waals surface area contributed by atoms with Gasteiger partial charge in [0, 0.05) is 17.9 Å². The van der Waals surface area contributed by atoms with Gasteiger partial charge in [-0.3, -0.25) is 4.79 Å². The molecular weight excluding hydrogens is 372 g/mol. The summed E-state index contributed by atoms with van der Waals surface area (Å²) in [7, 11) is 4.12. The highest BCUT2D eigenvalue weighted by Crippen LogP contribution is 2.30. The van der Waals surface area contributed by atoms with Crippen molar-refractivity contribution in [1.82, 2.24) is 0 Å². The molecule has 162 valence electrons. The molecule has 0 aliphatic heterocycles. The Bertz CT molecular complexity index is 352. The van der Waals surface area contributed by atoms with Crippen LogP contribution in [0, 0.1) is 23.2 Å². The van der Waals surface area contributed by atoms with Crippen LogP contribution in [0.4, 0.5) is 0 Å². The fourth-order valence-corrected chi connectivity index (χ4v) is 5.69. The zero-order valence-electron chi connectivity index (χ0n) is 19.1. The molecule has 0 spiro atoms. The van der Waals surface area contributed by atoms with Gasteiger partial charge in [0.05, 0.1) is 6.61 Å². The van der Waals surface area contributed by atoms with Crippen molar-refractivity contribution in [1.29, 1.82) is 0 Å². The molecule has 0 amide bonds. The zero-order chi connectivity index (χ0) is 20.7. The van der Waals surface area contributed by atoms with Crippen LogP contribution in [0.5, 0.6) is 0 Å². The van der Waals surface area contributed by atoms with E-state index in [1.165, 1.54) is 43.6 Å². The highest BCUT2D eigenvalue weighted by Gasteiger charge is 2.14. The molecule has 0 saturated carbocycles. The third-order valence-corrected chi connectivity index (χ3v) is 7.10. The van der Waals surface area contributed by atoms with E-state index in [2.05, 4.69) is 59.3 Å². The van der Waals surface area contributed by atoms with Crippen LogP contribution in [0.25, 0.3) is 0 Å². The van der Waals surface area contributed by atoms with E-state index < -0.39 is 0 Å². The molecule has 0 bridgehead atoms. The third kappa shape index (κ3) is 20.7. The summed E-state index contributed by atoms with van der Waals surface area (Å²) in [5.41, 5.74) is 0.207. The number of unbranched alkanes of at least 4 members (excludes halogenated alkanes) is 3. The van der Waals surface area contributed by atoms with E-state index in [9.17, 15) is 4.79 Å². The normalized spacial score (nSPS) is 12.4. The summed E-state index contributed by atoms with van der Waals surface area (Å²) in [4.78, 5) is 11.7. The van der Waals surface area contributed by atoms with Crippen molar-refractivity contribution in [2.75, 3.05) is 18.1 Å². The Labute approximate surface area is 178 Å². The van der Waals surface area contributed by atoms with E-state index >= 15 is 0 Å². The molecule has 0 rings (SSSR count). The lowest BCUT2D eigenvalue weighted by molar-refractivity contribution is -0.144. The monoisotopic (exact) mass is 418 g/mol. The largest absolute Gasteiger partial charge is 0.466 e. The smallest absolute Gasteiger partial charge is 0.305 e. The quantitative estimate of drug-likeness (QED) is 0.144. The van der Waals surface area contributed by atoms with Gasteiger partial charge in [0.2, 0.25) is 0 Å². The molecular formula is C23H46O2S2. The lowest BCUT2D eigenvalue weighted by Gasteiger charge is -2.20. The molecule has 0 radical (unpaired) electrons. The van der Waals surface area contributed by atoms with Crippen LogP contribution in [-0.4, -0.2) is 24.1 Å². The van der Waals surface area contributed by atoms with Crippen molar-refractivity contribution >= 4 is 27.6 Å². The average Bonchev–Trinajstić information content (AvgIpc) is 2.52. The number of carbonyl (C=O) groups excluding carboxylic acids is 1. The van der Waals surface area contributed by atoms with E-state index in [1.807, 2.05) is 10.8 Å². The molecule has 0 heterocycles. The Kier molecular flexibility index (Phi) is 16.1. The molecule has 27 heavy (non-hydrogen) atoms. The summed E-state index contributed by atoms with van der Waals surface area (Å²) in [5.74, 6) is 4.99. The number of hydrogen-bond acceptors (Lipinski definition) is 4. The highest BCUT2D eigenvalue weighted by molar-refractivity contribution is 8.76. The van der Waals surface area contributed by atoms with Crippen LogP contribution in [0.2, 0.25) is 0 Å². The second kappa shape index (κ2) is 16.0. The van der Waals surface area contributed by atoms with Crippen molar-refractivity contribution < 1.29 is 9.53 Å². The van der Waals surface area contributed by atoms with Crippen molar-refractivity contribution in [2.24, 2.45) is 23.2 Å². The van der Waals surface area contributed by atoms with Crippen LogP contribution in [0.1, 0.15) is 99.8 Å².